The maximum Gasteiger partial charge on any atom is 0.303 e. The number of epoxide rings is 1. The van der Waals surface area contributed by atoms with E-state index in [-0.39, 0.29) is 6.42 Å². The van der Waals surface area contributed by atoms with Crippen molar-refractivity contribution in [1.82, 2.24) is 0 Å². The lowest BCUT2D eigenvalue weighted by Crippen LogP contribution is -1.92. The van der Waals surface area contributed by atoms with E-state index in [0.29, 0.717) is 12.2 Å². The molecule has 1 fully saturated rings. The van der Waals surface area contributed by atoms with E-state index >= 15 is 0 Å². The van der Waals surface area contributed by atoms with Crippen LogP contribution >= 0.6 is 0 Å². The average Bonchev–Trinajstić information content (AvgIpc) is 3.27. The second kappa shape index (κ2) is 13.1. The maximum absolute atomic E-state index is 10.3. The number of aliphatic carboxylic acids is 1. The van der Waals surface area contributed by atoms with Gasteiger partial charge in [-0.3, -0.25) is 4.79 Å². The molecule has 0 aromatic heterocycles. The Morgan fingerprint density at radius 2 is 1.52 bits per heavy atom. The van der Waals surface area contributed by atoms with Crippen molar-refractivity contribution in [3.63, 3.8) is 0 Å². The molecular formula is C20H32O3. The largest absolute Gasteiger partial charge is 0.481 e. The Hall–Kier alpha value is -1.35. The number of rotatable bonds is 14. The van der Waals surface area contributed by atoms with Gasteiger partial charge in [0.25, 0.3) is 0 Å². The molecule has 0 amide bonds. The lowest BCUT2D eigenvalue weighted by molar-refractivity contribution is -0.137. The van der Waals surface area contributed by atoms with Crippen LogP contribution in [-0.4, -0.2) is 23.3 Å². The van der Waals surface area contributed by atoms with Gasteiger partial charge in [-0.05, 0) is 44.9 Å². The summed E-state index contributed by atoms with van der Waals surface area (Å²) in [5.74, 6) is -0.715. The molecule has 1 aliphatic heterocycles. The Bertz CT molecular complexity index is 396. The highest BCUT2D eigenvalue weighted by atomic mass is 16.6. The molecule has 0 bridgehead atoms. The summed E-state index contributed by atoms with van der Waals surface area (Å²) in [7, 11) is 0. The van der Waals surface area contributed by atoms with E-state index in [0.717, 1.165) is 32.1 Å². The Kier molecular flexibility index (Phi) is 11.2. The molecule has 0 unspecified atom stereocenters. The van der Waals surface area contributed by atoms with Gasteiger partial charge in [0.15, 0.2) is 0 Å². The first-order valence-electron chi connectivity index (χ1n) is 9.06. The van der Waals surface area contributed by atoms with Gasteiger partial charge in [-0.1, -0.05) is 56.2 Å². The minimum Gasteiger partial charge on any atom is -0.481 e. The summed E-state index contributed by atoms with van der Waals surface area (Å²) in [6, 6.07) is 0. The molecule has 0 spiro atoms. The van der Waals surface area contributed by atoms with E-state index in [1.807, 2.05) is 0 Å². The van der Waals surface area contributed by atoms with Crippen molar-refractivity contribution >= 4 is 5.97 Å². The number of hydrogen-bond acceptors (Lipinski definition) is 2. The molecule has 0 aromatic rings. The molecule has 3 heteroatoms. The maximum atomic E-state index is 10.3. The summed E-state index contributed by atoms with van der Waals surface area (Å²) in [4.78, 5) is 10.3. The average molecular weight is 320 g/mol. The van der Waals surface area contributed by atoms with Crippen molar-refractivity contribution in [2.45, 2.75) is 83.3 Å². The van der Waals surface area contributed by atoms with Gasteiger partial charge in [-0.2, -0.15) is 0 Å². The van der Waals surface area contributed by atoms with Crippen LogP contribution < -0.4 is 0 Å². The second-order valence-electron chi connectivity index (χ2n) is 6.12. The third-order valence-electron chi connectivity index (χ3n) is 3.93. The van der Waals surface area contributed by atoms with Crippen LogP contribution in [0, 0.1) is 0 Å². The highest BCUT2D eigenvalue weighted by molar-refractivity contribution is 5.66. The van der Waals surface area contributed by atoms with Crippen LogP contribution in [0.4, 0.5) is 0 Å². The summed E-state index contributed by atoms with van der Waals surface area (Å²) in [6.45, 7) is 2.23. The molecule has 0 radical (unpaired) electrons. The molecule has 1 N–H and O–H groups in total. The van der Waals surface area contributed by atoms with E-state index in [9.17, 15) is 4.79 Å². The van der Waals surface area contributed by atoms with E-state index in [1.54, 1.807) is 0 Å². The van der Waals surface area contributed by atoms with Crippen LogP contribution in [0.2, 0.25) is 0 Å². The van der Waals surface area contributed by atoms with Crippen LogP contribution in [0.5, 0.6) is 0 Å². The molecule has 2 atom stereocenters. The number of carbonyl (C=O) groups is 1. The van der Waals surface area contributed by atoms with Crippen molar-refractivity contribution in [2.24, 2.45) is 0 Å². The molecule has 1 saturated heterocycles. The monoisotopic (exact) mass is 320 g/mol. The Morgan fingerprint density at radius 3 is 2.22 bits per heavy atom. The Balaban J connectivity index is 1.92. The fraction of sp³-hybridized carbons (Fsp3) is 0.650. The van der Waals surface area contributed by atoms with Crippen molar-refractivity contribution in [2.75, 3.05) is 0 Å². The molecule has 3 nitrogen and oxygen atoms in total. The van der Waals surface area contributed by atoms with Crippen molar-refractivity contribution in [3.05, 3.63) is 36.5 Å². The highest BCUT2D eigenvalue weighted by Crippen LogP contribution is 2.29. The fourth-order valence-electron chi connectivity index (χ4n) is 2.44. The van der Waals surface area contributed by atoms with E-state index in [4.69, 9.17) is 9.84 Å². The van der Waals surface area contributed by atoms with Gasteiger partial charge in [0.05, 0.1) is 12.2 Å². The standard InChI is InChI=1S/C20H32O3/c1-2-3-4-5-9-12-15-18-19(23-18)16-13-10-7-6-8-11-14-17-20(21)22/h6,8-10,12-13,18-19H,2-5,7,11,14-17H2,1H3,(H,21,22)/t18-,19+/m0/s1. The van der Waals surface area contributed by atoms with Gasteiger partial charge in [0.1, 0.15) is 0 Å². The van der Waals surface area contributed by atoms with E-state index in [2.05, 4.69) is 43.4 Å². The summed E-state index contributed by atoms with van der Waals surface area (Å²) in [5.41, 5.74) is 0. The van der Waals surface area contributed by atoms with E-state index in [1.165, 1.54) is 25.7 Å². The van der Waals surface area contributed by atoms with Crippen LogP contribution in [0.3, 0.4) is 0 Å². The number of ether oxygens (including phenoxy) is 1. The van der Waals surface area contributed by atoms with Crippen LogP contribution in [-0.2, 0) is 9.53 Å². The molecule has 0 aromatic carbocycles. The molecule has 0 saturated carbocycles. The lowest BCUT2D eigenvalue weighted by Gasteiger charge is -1.91. The molecule has 0 aliphatic carbocycles. The van der Waals surface area contributed by atoms with Gasteiger partial charge in [-0.15, -0.1) is 0 Å². The van der Waals surface area contributed by atoms with Crippen LogP contribution in [0.25, 0.3) is 0 Å². The molecule has 1 rings (SSSR count). The second-order valence-corrected chi connectivity index (χ2v) is 6.12. The topological polar surface area (TPSA) is 49.8 Å². The third kappa shape index (κ3) is 11.8. The van der Waals surface area contributed by atoms with Crippen molar-refractivity contribution in [3.8, 4) is 0 Å². The first-order valence-corrected chi connectivity index (χ1v) is 9.06. The Labute approximate surface area is 141 Å². The quantitative estimate of drug-likeness (QED) is 0.264. The molecule has 130 valence electrons. The minimum atomic E-state index is -0.715. The minimum absolute atomic E-state index is 0.258. The SMILES string of the molecule is CCCCCC=CC[C@@H]1O[C@@H]1CC=CCC=CCCCC(=O)O. The smallest absolute Gasteiger partial charge is 0.303 e. The molecular weight excluding hydrogens is 288 g/mol. The van der Waals surface area contributed by atoms with Crippen LogP contribution in [0.15, 0.2) is 36.5 Å². The first kappa shape index (κ1) is 19.7. The normalized spacial score (nSPS) is 20.9. The highest BCUT2D eigenvalue weighted by Gasteiger charge is 2.35. The first-order chi connectivity index (χ1) is 11.2. The van der Waals surface area contributed by atoms with Gasteiger partial charge >= 0.3 is 5.97 Å². The zero-order chi connectivity index (χ0) is 16.8. The van der Waals surface area contributed by atoms with Gasteiger partial charge in [0.2, 0.25) is 0 Å². The number of allylic oxidation sites excluding steroid dienone is 4. The summed E-state index contributed by atoms with van der Waals surface area (Å²) < 4.78 is 5.65. The van der Waals surface area contributed by atoms with Gasteiger partial charge < -0.3 is 9.84 Å². The molecule has 23 heavy (non-hydrogen) atoms. The summed E-state index contributed by atoms with van der Waals surface area (Å²) in [5, 5.41) is 8.52. The number of carboxylic acids is 1. The van der Waals surface area contributed by atoms with Crippen molar-refractivity contribution in [1.29, 1.82) is 0 Å². The van der Waals surface area contributed by atoms with Gasteiger partial charge in [-0.25, -0.2) is 0 Å². The molecule has 1 aliphatic rings. The van der Waals surface area contributed by atoms with Crippen molar-refractivity contribution < 1.29 is 14.6 Å². The van der Waals surface area contributed by atoms with Crippen LogP contribution in [0.1, 0.15) is 71.1 Å². The Morgan fingerprint density at radius 1 is 0.913 bits per heavy atom. The van der Waals surface area contributed by atoms with Gasteiger partial charge in [0, 0.05) is 6.42 Å². The molecule has 1 heterocycles. The lowest BCUT2D eigenvalue weighted by atomic mass is 10.1. The number of unbranched alkanes of at least 4 members (excludes halogenated alkanes) is 4. The third-order valence-corrected chi connectivity index (χ3v) is 3.93. The van der Waals surface area contributed by atoms with E-state index < -0.39 is 5.97 Å². The predicted molar refractivity (Wildman–Crippen MR) is 95.6 cm³/mol. The number of carboxylic acid groups (broad SMARTS) is 1. The summed E-state index contributed by atoms with van der Waals surface area (Å²) in [6.07, 6.45) is 23.8. The summed E-state index contributed by atoms with van der Waals surface area (Å²) >= 11 is 0. The zero-order valence-electron chi connectivity index (χ0n) is 14.5. The number of hydrogen-bond donors (Lipinski definition) is 1. The fourth-order valence-corrected chi connectivity index (χ4v) is 2.44. The zero-order valence-corrected chi connectivity index (χ0v) is 14.5. The predicted octanol–water partition coefficient (Wildman–Crippen LogP) is 5.43.